The van der Waals surface area contributed by atoms with Crippen LogP contribution in [0, 0.1) is 18.6 Å². The van der Waals surface area contributed by atoms with E-state index in [1.165, 1.54) is 17.4 Å². The molecular formula is C20H27F2IN4O2S. The quantitative estimate of drug-likeness (QED) is 0.228. The van der Waals surface area contributed by atoms with Gasteiger partial charge in [0.1, 0.15) is 9.88 Å². The van der Waals surface area contributed by atoms with E-state index in [0.717, 1.165) is 11.1 Å². The van der Waals surface area contributed by atoms with Crippen molar-refractivity contribution in [1.29, 1.82) is 0 Å². The summed E-state index contributed by atoms with van der Waals surface area (Å²) >= 11 is 1.28. The highest BCUT2D eigenvalue weighted by Gasteiger charge is 2.20. The summed E-state index contributed by atoms with van der Waals surface area (Å²) in [6.45, 7) is 8.14. The second-order valence-corrected chi connectivity index (χ2v) is 7.61. The second kappa shape index (κ2) is 12.1. The van der Waals surface area contributed by atoms with Gasteiger partial charge in [0.25, 0.3) is 0 Å². The normalized spacial score (nSPS) is 13.2. The summed E-state index contributed by atoms with van der Waals surface area (Å²) in [7, 11) is 1.64. The Morgan fingerprint density at radius 1 is 1.30 bits per heavy atom. The number of hydrogen-bond acceptors (Lipinski definition) is 5. The first kappa shape index (κ1) is 26.2. The second-order valence-electron chi connectivity index (χ2n) is 6.58. The lowest BCUT2D eigenvalue weighted by Crippen LogP contribution is -2.40. The number of thiazole rings is 1. The number of carbonyl (C=O) groups excluding carboxylic acids is 1. The number of rotatable bonds is 7. The van der Waals surface area contributed by atoms with E-state index in [4.69, 9.17) is 4.74 Å². The van der Waals surface area contributed by atoms with E-state index in [1.54, 1.807) is 27.0 Å². The maximum absolute atomic E-state index is 13.4. The van der Waals surface area contributed by atoms with E-state index in [0.29, 0.717) is 35.2 Å². The zero-order chi connectivity index (χ0) is 21.6. The number of aliphatic imine (C=N–C) groups is 1. The number of guanidine groups is 1. The first-order valence-electron chi connectivity index (χ1n) is 9.33. The molecule has 0 spiro atoms. The highest BCUT2D eigenvalue weighted by atomic mass is 127. The molecule has 0 aliphatic carbocycles. The third kappa shape index (κ3) is 6.86. The van der Waals surface area contributed by atoms with Gasteiger partial charge in [-0.3, -0.25) is 4.99 Å². The number of ether oxygens (including phenoxy) is 1. The van der Waals surface area contributed by atoms with Crippen molar-refractivity contribution in [2.75, 3.05) is 20.2 Å². The number of nitrogens with zero attached hydrogens (tertiary/aromatic N) is 2. The van der Waals surface area contributed by atoms with Crippen LogP contribution in [0.3, 0.4) is 0 Å². The maximum Gasteiger partial charge on any atom is 0.350 e. The first-order valence-corrected chi connectivity index (χ1v) is 10.1. The van der Waals surface area contributed by atoms with Gasteiger partial charge < -0.3 is 15.4 Å². The van der Waals surface area contributed by atoms with Gasteiger partial charge in [0, 0.05) is 13.6 Å². The fourth-order valence-electron chi connectivity index (χ4n) is 2.64. The zero-order valence-electron chi connectivity index (χ0n) is 17.6. The van der Waals surface area contributed by atoms with Crippen molar-refractivity contribution in [3.63, 3.8) is 0 Å². The van der Waals surface area contributed by atoms with E-state index in [1.807, 2.05) is 13.8 Å². The number of carbonyl (C=O) groups is 1. The number of benzene rings is 1. The number of esters is 1. The average Bonchev–Trinajstić information content (AvgIpc) is 3.09. The van der Waals surface area contributed by atoms with Crippen LogP contribution >= 0.6 is 35.3 Å². The van der Waals surface area contributed by atoms with Crippen molar-refractivity contribution in [2.24, 2.45) is 4.99 Å². The van der Waals surface area contributed by atoms with Crippen LogP contribution in [0.2, 0.25) is 0 Å². The molecule has 1 aromatic heterocycles. The molecule has 30 heavy (non-hydrogen) atoms. The SMILES string of the molecule is CCOC(=O)c1sc(C(C)NC(=NC)NCC(C)c2ccc(F)c(F)c2)nc1C.I. The number of hydrogen-bond donors (Lipinski definition) is 2. The predicted molar refractivity (Wildman–Crippen MR) is 126 cm³/mol. The van der Waals surface area contributed by atoms with Crippen LogP contribution < -0.4 is 10.6 Å². The summed E-state index contributed by atoms with van der Waals surface area (Å²) in [4.78, 5) is 21.1. The van der Waals surface area contributed by atoms with Gasteiger partial charge in [0.05, 0.1) is 18.3 Å². The molecule has 0 fully saturated rings. The van der Waals surface area contributed by atoms with E-state index < -0.39 is 11.6 Å². The molecule has 2 N–H and O–H groups in total. The topological polar surface area (TPSA) is 75.6 Å². The molecule has 0 aliphatic rings. The Morgan fingerprint density at radius 3 is 2.60 bits per heavy atom. The van der Waals surface area contributed by atoms with Crippen LogP contribution in [0.25, 0.3) is 0 Å². The number of aryl methyl sites for hydroxylation is 1. The van der Waals surface area contributed by atoms with E-state index in [9.17, 15) is 13.6 Å². The summed E-state index contributed by atoms with van der Waals surface area (Å²) in [5.74, 6) is -1.61. The van der Waals surface area contributed by atoms with Gasteiger partial charge in [-0.1, -0.05) is 13.0 Å². The van der Waals surface area contributed by atoms with Gasteiger partial charge in [0.2, 0.25) is 0 Å². The van der Waals surface area contributed by atoms with Gasteiger partial charge in [-0.2, -0.15) is 0 Å². The molecule has 2 unspecified atom stereocenters. The van der Waals surface area contributed by atoms with Crippen LogP contribution in [0.4, 0.5) is 8.78 Å². The zero-order valence-corrected chi connectivity index (χ0v) is 20.7. The Morgan fingerprint density at radius 2 is 2.00 bits per heavy atom. The van der Waals surface area contributed by atoms with Crippen molar-refractivity contribution in [1.82, 2.24) is 15.6 Å². The van der Waals surface area contributed by atoms with Crippen LogP contribution in [-0.2, 0) is 4.74 Å². The smallest absolute Gasteiger partial charge is 0.350 e. The Bertz CT molecular complexity index is 892. The molecule has 0 aliphatic heterocycles. The molecule has 0 saturated heterocycles. The number of halogens is 3. The minimum absolute atomic E-state index is 0. The van der Waals surface area contributed by atoms with E-state index >= 15 is 0 Å². The van der Waals surface area contributed by atoms with Crippen LogP contribution in [0.1, 0.15) is 58.7 Å². The van der Waals surface area contributed by atoms with Crippen molar-refractivity contribution in [2.45, 2.75) is 39.7 Å². The summed E-state index contributed by atoms with van der Waals surface area (Å²) in [6.07, 6.45) is 0. The predicted octanol–water partition coefficient (Wildman–Crippen LogP) is 4.55. The lowest BCUT2D eigenvalue weighted by atomic mass is 10.0. The molecule has 0 radical (unpaired) electrons. The molecule has 0 saturated carbocycles. The van der Waals surface area contributed by atoms with Gasteiger partial charge in [-0.05, 0) is 44.4 Å². The third-order valence-corrected chi connectivity index (χ3v) is 5.63. The highest BCUT2D eigenvalue weighted by molar-refractivity contribution is 14.0. The molecule has 1 heterocycles. The monoisotopic (exact) mass is 552 g/mol. The Hall–Kier alpha value is -1.82. The van der Waals surface area contributed by atoms with Gasteiger partial charge in [-0.15, -0.1) is 35.3 Å². The lowest BCUT2D eigenvalue weighted by molar-refractivity contribution is 0.0531. The summed E-state index contributed by atoms with van der Waals surface area (Å²) < 4.78 is 31.6. The Balaban J connectivity index is 0.00000450. The number of aromatic nitrogens is 1. The van der Waals surface area contributed by atoms with Crippen LogP contribution in [0.15, 0.2) is 23.2 Å². The molecule has 1 aromatic carbocycles. The van der Waals surface area contributed by atoms with Crippen molar-refractivity contribution in [3.8, 4) is 0 Å². The summed E-state index contributed by atoms with van der Waals surface area (Å²) in [5, 5.41) is 7.14. The van der Waals surface area contributed by atoms with Crippen molar-refractivity contribution >= 4 is 47.2 Å². The van der Waals surface area contributed by atoms with Crippen LogP contribution in [0.5, 0.6) is 0 Å². The first-order chi connectivity index (χ1) is 13.8. The van der Waals surface area contributed by atoms with Gasteiger partial charge in [0.15, 0.2) is 17.6 Å². The van der Waals surface area contributed by atoms with E-state index in [2.05, 4.69) is 20.6 Å². The molecule has 0 bridgehead atoms. The van der Waals surface area contributed by atoms with Gasteiger partial charge in [-0.25, -0.2) is 18.6 Å². The molecule has 6 nitrogen and oxygen atoms in total. The Labute approximate surface area is 196 Å². The minimum Gasteiger partial charge on any atom is -0.462 e. The third-order valence-electron chi connectivity index (χ3n) is 4.31. The van der Waals surface area contributed by atoms with Crippen LogP contribution in [-0.4, -0.2) is 37.1 Å². The van der Waals surface area contributed by atoms with Gasteiger partial charge >= 0.3 is 5.97 Å². The average molecular weight is 552 g/mol. The largest absolute Gasteiger partial charge is 0.462 e. The molecule has 2 rings (SSSR count). The highest BCUT2D eigenvalue weighted by Crippen LogP contribution is 2.24. The Kier molecular flexibility index (Phi) is 10.6. The lowest BCUT2D eigenvalue weighted by Gasteiger charge is -2.19. The molecule has 0 amide bonds. The fourth-order valence-corrected chi connectivity index (χ4v) is 3.60. The fraction of sp³-hybridized carbons (Fsp3) is 0.450. The molecule has 166 valence electrons. The molecule has 2 atom stereocenters. The standard InChI is InChI=1S/C20H26F2N4O2S.HI/c1-6-28-19(27)17-12(3)25-18(29-17)13(4)26-20(23-5)24-10-11(2)14-7-8-15(21)16(22)9-14;/h7-9,11,13H,6,10H2,1-5H3,(H2,23,24,26);1H. The number of nitrogens with one attached hydrogen (secondary N) is 2. The molecular weight excluding hydrogens is 525 g/mol. The molecule has 2 aromatic rings. The van der Waals surface area contributed by atoms with Crippen molar-refractivity contribution in [3.05, 3.63) is 51.0 Å². The molecule has 10 heteroatoms. The minimum atomic E-state index is -0.860. The maximum atomic E-state index is 13.4. The van der Waals surface area contributed by atoms with E-state index in [-0.39, 0.29) is 41.9 Å². The summed E-state index contributed by atoms with van der Waals surface area (Å²) in [5.41, 5.74) is 1.32. The summed E-state index contributed by atoms with van der Waals surface area (Å²) in [6, 6.07) is 3.71. The van der Waals surface area contributed by atoms with Crippen molar-refractivity contribution < 1.29 is 18.3 Å².